The van der Waals surface area contributed by atoms with Crippen molar-refractivity contribution >= 4 is 16.7 Å². The molecule has 0 spiro atoms. The Morgan fingerprint density at radius 3 is 2.94 bits per heavy atom. The van der Waals surface area contributed by atoms with E-state index in [2.05, 4.69) is 14.7 Å². The van der Waals surface area contributed by atoms with Crippen molar-refractivity contribution in [3.8, 4) is 11.4 Å². The van der Waals surface area contributed by atoms with Crippen LogP contribution in [0.3, 0.4) is 0 Å². The lowest BCUT2D eigenvalue weighted by Crippen LogP contribution is -1.95. The molecule has 1 N–H and O–H groups in total. The summed E-state index contributed by atoms with van der Waals surface area (Å²) in [5, 5.41) is 3.84. The van der Waals surface area contributed by atoms with Crippen molar-refractivity contribution in [1.29, 1.82) is 0 Å². The first kappa shape index (κ1) is 11.0. The number of hydrogen-bond acceptors (Lipinski definition) is 4. The van der Waals surface area contributed by atoms with Gasteiger partial charge in [0.2, 0.25) is 5.13 Å². The molecule has 1 aromatic carbocycles. The van der Waals surface area contributed by atoms with Gasteiger partial charge in [-0.15, -0.1) is 0 Å². The van der Waals surface area contributed by atoms with Crippen LogP contribution in [-0.2, 0) is 0 Å². The van der Waals surface area contributed by atoms with E-state index in [9.17, 15) is 4.39 Å². The summed E-state index contributed by atoms with van der Waals surface area (Å²) >= 11 is 1.28. The fraction of sp³-hybridized carbons (Fsp3) is 0.273. The lowest BCUT2D eigenvalue weighted by Gasteiger charge is -1.98. The van der Waals surface area contributed by atoms with Crippen LogP contribution in [0.4, 0.5) is 9.52 Å². The number of nitrogens with one attached hydrogen (secondary N) is 1. The lowest BCUT2D eigenvalue weighted by atomic mass is 10.1. The molecule has 1 aromatic heterocycles. The summed E-state index contributed by atoms with van der Waals surface area (Å²) in [6.45, 7) is 4.53. The molecule has 16 heavy (non-hydrogen) atoms. The molecule has 1 heterocycles. The van der Waals surface area contributed by atoms with Crippen molar-refractivity contribution in [1.82, 2.24) is 9.36 Å². The topological polar surface area (TPSA) is 37.8 Å². The quantitative estimate of drug-likeness (QED) is 0.891. The van der Waals surface area contributed by atoms with Crippen molar-refractivity contribution in [2.45, 2.75) is 13.8 Å². The smallest absolute Gasteiger partial charge is 0.202 e. The third kappa shape index (κ3) is 2.19. The molecule has 0 amide bonds. The van der Waals surface area contributed by atoms with E-state index in [1.807, 2.05) is 13.0 Å². The minimum absolute atomic E-state index is 0.225. The molecule has 0 unspecified atom stereocenters. The standard InChI is InChI=1S/C11H12FN3S/c1-3-13-11-14-10(15-16-11)8-5-4-7(2)9(12)6-8/h4-6H,3H2,1-2H3,(H,13,14,15). The summed E-state index contributed by atoms with van der Waals surface area (Å²) in [5.74, 6) is 0.345. The van der Waals surface area contributed by atoms with E-state index in [-0.39, 0.29) is 5.82 Å². The van der Waals surface area contributed by atoms with Gasteiger partial charge in [0.25, 0.3) is 0 Å². The molecule has 0 saturated heterocycles. The van der Waals surface area contributed by atoms with Gasteiger partial charge < -0.3 is 5.32 Å². The second kappa shape index (κ2) is 4.57. The minimum Gasteiger partial charge on any atom is -0.361 e. The van der Waals surface area contributed by atoms with Crippen molar-refractivity contribution in [3.63, 3.8) is 0 Å². The third-order valence-electron chi connectivity index (χ3n) is 2.18. The van der Waals surface area contributed by atoms with Gasteiger partial charge >= 0.3 is 0 Å². The normalized spacial score (nSPS) is 10.4. The highest BCUT2D eigenvalue weighted by atomic mass is 32.1. The van der Waals surface area contributed by atoms with Gasteiger partial charge in [0.15, 0.2) is 5.82 Å². The van der Waals surface area contributed by atoms with Crippen LogP contribution in [0.25, 0.3) is 11.4 Å². The molecule has 0 radical (unpaired) electrons. The Morgan fingerprint density at radius 1 is 1.44 bits per heavy atom. The van der Waals surface area contributed by atoms with E-state index in [0.29, 0.717) is 17.0 Å². The number of aromatic nitrogens is 2. The molecule has 3 nitrogen and oxygen atoms in total. The molecule has 0 atom stereocenters. The highest BCUT2D eigenvalue weighted by Crippen LogP contribution is 2.22. The molecule has 0 aliphatic carbocycles. The molecule has 0 saturated carbocycles. The van der Waals surface area contributed by atoms with E-state index in [1.54, 1.807) is 13.0 Å². The average molecular weight is 237 g/mol. The molecule has 2 aromatic rings. The Labute approximate surface area is 97.5 Å². The van der Waals surface area contributed by atoms with Gasteiger partial charge in [-0.1, -0.05) is 12.1 Å². The highest BCUT2D eigenvalue weighted by Gasteiger charge is 2.07. The summed E-state index contributed by atoms with van der Waals surface area (Å²) in [6.07, 6.45) is 0. The van der Waals surface area contributed by atoms with Gasteiger partial charge in [-0.25, -0.2) is 4.39 Å². The van der Waals surface area contributed by atoms with E-state index < -0.39 is 0 Å². The van der Waals surface area contributed by atoms with Gasteiger partial charge in [-0.3, -0.25) is 0 Å². The van der Waals surface area contributed by atoms with Gasteiger partial charge in [0.05, 0.1) is 0 Å². The Hall–Kier alpha value is -1.49. The fourth-order valence-corrected chi connectivity index (χ4v) is 1.95. The number of anilines is 1. The molecule has 2 rings (SSSR count). The van der Waals surface area contributed by atoms with Crippen LogP contribution in [0.5, 0.6) is 0 Å². The Bertz CT molecular complexity index is 496. The number of nitrogens with zero attached hydrogens (tertiary/aromatic N) is 2. The minimum atomic E-state index is -0.225. The van der Waals surface area contributed by atoms with Crippen LogP contribution in [0.15, 0.2) is 18.2 Å². The maximum atomic E-state index is 13.4. The van der Waals surface area contributed by atoms with Crippen molar-refractivity contribution in [2.75, 3.05) is 11.9 Å². The first-order valence-electron chi connectivity index (χ1n) is 5.05. The number of benzene rings is 1. The zero-order valence-corrected chi connectivity index (χ0v) is 9.94. The van der Waals surface area contributed by atoms with Crippen molar-refractivity contribution in [2.24, 2.45) is 0 Å². The molecule has 84 valence electrons. The Kier molecular flexibility index (Phi) is 3.14. The van der Waals surface area contributed by atoms with Crippen molar-refractivity contribution in [3.05, 3.63) is 29.6 Å². The van der Waals surface area contributed by atoms with E-state index in [4.69, 9.17) is 0 Å². The fourth-order valence-electron chi connectivity index (χ4n) is 1.30. The second-order valence-electron chi connectivity index (χ2n) is 3.42. The number of halogens is 1. The predicted octanol–water partition coefficient (Wildman–Crippen LogP) is 3.08. The van der Waals surface area contributed by atoms with E-state index >= 15 is 0 Å². The largest absolute Gasteiger partial charge is 0.361 e. The molecule has 5 heteroatoms. The van der Waals surface area contributed by atoms with Crippen molar-refractivity contribution < 1.29 is 4.39 Å². The number of rotatable bonds is 3. The summed E-state index contributed by atoms with van der Waals surface area (Å²) in [5.41, 5.74) is 1.34. The second-order valence-corrected chi connectivity index (χ2v) is 4.17. The summed E-state index contributed by atoms with van der Waals surface area (Å²) in [7, 11) is 0. The molecule has 0 fully saturated rings. The maximum absolute atomic E-state index is 13.4. The van der Waals surface area contributed by atoms with Crippen LogP contribution < -0.4 is 5.32 Å². The van der Waals surface area contributed by atoms with Crippen LogP contribution in [-0.4, -0.2) is 15.9 Å². The monoisotopic (exact) mass is 237 g/mol. The average Bonchev–Trinajstić information content (AvgIpc) is 2.71. The summed E-state index contributed by atoms with van der Waals surface area (Å²) < 4.78 is 17.5. The lowest BCUT2D eigenvalue weighted by molar-refractivity contribution is 0.619. The molecule has 0 aliphatic rings. The summed E-state index contributed by atoms with van der Waals surface area (Å²) in [6, 6.07) is 5.03. The molecular formula is C11H12FN3S. The molecule has 0 bridgehead atoms. The predicted molar refractivity (Wildman–Crippen MR) is 64.2 cm³/mol. The van der Waals surface area contributed by atoms with E-state index in [1.165, 1.54) is 17.6 Å². The highest BCUT2D eigenvalue weighted by molar-refractivity contribution is 7.09. The zero-order valence-electron chi connectivity index (χ0n) is 9.12. The number of aryl methyl sites for hydroxylation is 1. The summed E-state index contributed by atoms with van der Waals surface area (Å²) in [4.78, 5) is 4.27. The van der Waals surface area contributed by atoms with Gasteiger partial charge in [-0.05, 0) is 25.5 Å². The van der Waals surface area contributed by atoms with Crippen LogP contribution in [0.2, 0.25) is 0 Å². The van der Waals surface area contributed by atoms with E-state index in [0.717, 1.165) is 11.7 Å². The van der Waals surface area contributed by atoms with Crippen LogP contribution >= 0.6 is 11.5 Å². The number of hydrogen-bond donors (Lipinski definition) is 1. The first-order chi connectivity index (χ1) is 7.70. The van der Waals surface area contributed by atoms with Crippen LogP contribution in [0, 0.1) is 12.7 Å². The van der Waals surface area contributed by atoms with Gasteiger partial charge in [-0.2, -0.15) is 9.36 Å². The Morgan fingerprint density at radius 2 is 2.25 bits per heavy atom. The SMILES string of the molecule is CCNc1nc(-c2ccc(C)c(F)c2)ns1. The third-order valence-corrected chi connectivity index (χ3v) is 2.86. The molecular weight excluding hydrogens is 225 g/mol. The zero-order chi connectivity index (χ0) is 11.5. The van der Waals surface area contributed by atoms with Crippen LogP contribution in [0.1, 0.15) is 12.5 Å². The molecule has 0 aliphatic heterocycles. The van der Waals surface area contributed by atoms with Gasteiger partial charge in [0, 0.05) is 23.6 Å². The maximum Gasteiger partial charge on any atom is 0.202 e. The Balaban J connectivity index is 2.31. The van der Waals surface area contributed by atoms with Gasteiger partial charge in [0.1, 0.15) is 5.82 Å². The first-order valence-corrected chi connectivity index (χ1v) is 5.82.